The minimum absolute atomic E-state index is 0.102. The smallest absolute Gasteiger partial charge is 0.337 e. The van der Waals surface area contributed by atoms with Gasteiger partial charge in [0.25, 0.3) is 5.56 Å². The number of hydrogen-bond acceptors (Lipinski definition) is 4. The molecule has 5 nitrogen and oxygen atoms in total. The molecule has 0 saturated heterocycles. The second-order valence-electron chi connectivity index (χ2n) is 4.69. The third-order valence-corrected chi connectivity index (χ3v) is 3.61. The number of rotatable bonds is 2. The summed E-state index contributed by atoms with van der Waals surface area (Å²) in [7, 11) is 1.34. The van der Waals surface area contributed by atoms with Gasteiger partial charge in [-0.15, -0.1) is 0 Å². The Kier molecular flexibility index (Phi) is 3.17. The summed E-state index contributed by atoms with van der Waals surface area (Å²) in [6.45, 7) is 2.42. The van der Waals surface area contributed by atoms with Crippen LogP contribution in [-0.2, 0) is 11.3 Å². The van der Waals surface area contributed by atoms with Crippen LogP contribution in [-0.4, -0.2) is 22.6 Å². The zero-order chi connectivity index (χ0) is 15.0. The van der Waals surface area contributed by atoms with Crippen LogP contribution < -0.4 is 5.56 Å². The molecule has 0 fully saturated rings. The summed E-state index contributed by atoms with van der Waals surface area (Å²) >= 11 is 0. The first-order valence-electron chi connectivity index (χ1n) is 6.66. The zero-order valence-electron chi connectivity index (χ0n) is 11.8. The van der Waals surface area contributed by atoms with E-state index in [1.54, 1.807) is 29.1 Å². The lowest BCUT2D eigenvalue weighted by Crippen LogP contribution is -2.20. The molecule has 106 valence electrons. The highest BCUT2D eigenvalue weighted by Crippen LogP contribution is 2.23. The molecule has 2 heterocycles. The summed E-state index contributed by atoms with van der Waals surface area (Å²) in [6, 6.07) is 7.07. The number of esters is 1. The number of aryl methyl sites for hydroxylation is 1. The fourth-order valence-corrected chi connectivity index (χ4v) is 2.60. The molecule has 1 aromatic carbocycles. The molecule has 0 aliphatic heterocycles. The van der Waals surface area contributed by atoms with Crippen LogP contribution in [0.5, 0.6) is 0 Å². The monoisotopic (exact) mass is 282 g/mol. The van der Waals surface area contributed by atoms with Crippen molar-refractivity contribution in [2.45, 2.75) is 13.5 Å². The van der Waals surface area contributed by atoms with Gasteiger partial charge in [0.15, 0.2) is 0 Å². The summed E-state index contributed by atoms with van der Waals surface area (Å²) in [5.74, 6) is -0.415. The minimum atomic E-state index is -0.415. The third kappa shape index (κ3) is 1.98. The molecule has 2 aromatic heterocycles. The average molecular weight is 282 g/mol. The van der Waals surface area contributed by atoms with Crippen LogP contribution in [0.1, 0.15) is 17.3 Å². The lowest BCUT2D eigenvalue weighted by molar-refractivity contribution is 0.0601. The molecule has 0 spiro atoms. The first-order chi connectivity index (χ1) is 10.2. The molecule has 21 heavy (non-hydrogen) atoms. The predicted molar refractivity (Wildman–Crippen MR) is 80.5 cm³/mol. The van der Waals surface area contributed by atoms with E-state index >= 15 is 0 Å². The summed E-state index contributed by atoms with van der Waals surface area (Å²) in [5.41, 5.74) is 1.05. The number of fused-ring (bicyclic) bond motifs is 3. The number of benzene rings is 1. The summed E-state index contributed by atoms with van der Waals surface area (Å²) in [5, 5.41) is 2.34. The van der Waals surface area contributed by atoms with Gasteiger partial charge in [-0.2, -0.15) is 0 Å². The Labute approximate surface area is 120 Å². The molecule has 0 saturated carbocycles. The van der Waals surface area contributed by atoms with Crippen molar-refractivity contribution in [1.29, 1.82) is 0 Å². The Balaban J connectivity index is 2.49. The van der Waals surface area contributed by atoms with Crippen molar-refractivity contribution in [3.8, 4) is 0 Å². The van der Waals surface area contributed by atoms with Gasteiger partial charge in [0.1, 0.15) is 0 Å². The highest BCUT2D eigenvalue weighted by molar-refractivity contribution is 6.07. The maximum Gasteiger partial charge on any atom is 0.337 e. The van der Waals surface area contributed by atoms with Crippen LogP contribution in [0.15, 0.2) is 41.5 Å². The van der Waals surface area contributed by atoms with Gasteiger partial charge in [-0.05, 0) is 30.5 Å². The Hall–Kier alpha value is -2.69. The average Bonchev–Trinajstić information content (AvgIpc) is 2.54. The Morgan fingerprint density at radius 2 is 2.05 bits per heavy atom. The van der Waals surface area contributed by atoms with Crippen LogP contribution in [0.3, 0.4) is 0 Å². The van der Waals surface area contributed by atoms with Crippen molar-refractivity contribution in [1.82, 2.24) is 9.55 Å². The molecule has 0 unspecified atom stereocenters. The van der Waals surface area contributed by atoms with Crippen LogP contribution >= 0.6 is 0 Å². The molecule has 0 radical (unpaired) electrons. The second-order valence-corrected chi connectivity index (χ2v) is 4.69. The molecule has 3 aromatic rings. The van der Waals surface area contributed by atoms with Crippen molar-refractivity contribution in [2.24, 2.45) is 0 Å². The highest BCUT2D eigenvalue weighted by Gasteiger charge is 2.13. The first kappa shape index (κ1) is 13.3. The Morgan fingerprint density at radius 1 is 1.24 bits per heavy atom. The van der Waals surface area contributed by atoms with E-state index in [4.69, 9.17) is 4.74 Å². The van der Waals surface area contributed by atoms with Crippen molar-refractivity contribution in [3.05, 3.63) is 52.6 Å². The minimum Gasteiger partial charge on any atom is -0.465 e. The maximum absolute atomic E-state index is 12.5. The van der Waals surface area contributed by atoms with Gasteiger partial charge < -0.3 is 9.30 Å². The van der Waals surface area contributed by atoms with Crippen molar-refractivity contribution < 1.29 is 9.53 Å². The van der Waals surface area contributed by atoms with E-state index < -0.39 is 5.97 Å². The number of hydrogen-bond donors (Lipinski definition) is 0. The first-order valence-corrected chi connectivity index (χ1v) is 6.66. The van der Waals surface area contributed by atoms with Gasteiger partial charge in [-0.3, -0.25) is 9.78 Å². The number of carbonyl (C=O) groups is 1. The Morgan fingerprint density at radius 3 is 2.76 bits per heavy atom. The molecular formula is C16H14N2O3. The number of nitrogens with zero attached hydrogens (tertiary/aromatic N) is 2. The van der Waals surface area contributed by atoms with E-state index in [1.807, 2.05) is 19.1 Å². The van der Waals surface area contributed by atoms with E-state index in [1.165, 1.54) is 7.11 Å². The maximum atomic E-state index is 12.5. The molecule has 5 heteroatoms. The fraction of sp³-hybridized carbons (Fsp3) is 0.188. The van der Waals surface area contributed by atoms with Crippen molar-refractivity contribution in [2.75, 3.05) is 7.11 Å². The van der Waals surface area contributed by atoms with Gasteiger partial charge >= 0.3 is 5.97 Å². The van der Waals surface area contributed by atoms with Crippen LogP contribution in [0.2, 0.25) is 0 Å². The normalized spacial score (nSPS) is 11.0. The zero-order valence-corrected chi connectivity index (χ0v) is 11.8. The van der Waals surface area contributed by atoms with Crippen LogP contribution in [0, 0.1) is 0 Å². The van der Waals surface area contributed by atoms with Crippen molar-refractivity contribution >= 4 is 27.6 Å². The van der Waals surface area contributed by atoms with E-state index in [0.717, 1.165) is 16.3 Å². The summed E-state index contributed by atoms with van der Waals surface area (Å²) in [4.78, 5) is 28.2. The lowest BCUT2D eigenvalue weighted by atomic mass is 10.1. The van der Waals surface area contributed by atoms with E-state index in [2.05, 4.69) is 4.98 Å². The topological polar surface area (TPSA) is 61.2 Å². The van der Waals surface area contributed by atoms with E-state index in [-0.39, 0.29) is 5.56 Å². The van der Waals surface area contributed by atoms with Gasteiger partial charge in [-0.25, -0.2) is 4.79 Å². The quantitative estimate of drug-likeness (QED) is 0.534. The number of methoxy groups -OCH3 is 1. The SMILES string of the molecule is CCn1c(=O)c2cnccc2c2ccc(C(=O)OC)cc21. The molecule has 0 N–H and O–H groups in total. The summed E-state index contributed by atoms with van der Waals surface area (Å²) in [6.07, 6.45) is 3.24. The Bertz CT molecular complexity index is 912. The van der Waals surface area contributed by atoms with Crippen molar-refractivity contribution in [3.63, 3.8) is 0 Å². The number of ether oxygens (including phenoxy) is 1. The van der Waals surface area contributed by atoms with Gasteiger partial charge in [0.2, 0.25) is 0 Å². The molecule has 0 aliphatic rings. The second kappa shape index (κ2) is 5.01. The molecule has 0 aliphatic carbocycles. The van der Waals surface area contributed by atoms with Crippen LogP contribution in [0.25, 0.3) is 21.7 Å². The molecular weight excluding hydrogens is 268 g/mol. The largest absolute Gasteiger partial charge is 0.465 e. The summed E-state index contributed by atoms with van der Waals surface area (Å²) < 4.78 is 6.38. The van der Waals surface area contributed by atoms with E-state index in [9.17, 15) is 9.59 Å². The fourth-order valence-electron chi connectivity index (χ4n) is 2.60. The van der Waals surface area contributed by atoms with Gasteiger partial charge in [-0.1, -0.05) is 6.07 Å². The third-order valence-electron chi connectivity index (χ3n) is 3.61. The standard InChI is InChI=1S/C16H14N2O3/c1-3-18-14-8-10(16(20)21-2)4-5-12(14)11-6-7-17-9-13(11)15(18)19/h4-9H,3H2,1-2H3. The van der Waals surface area contributed by atoms with E-state index in [0.29, 0.717) is 17.5 Å². The highest BCUT2D eigenvalue weighted by atomic mass is 16.5. The van der Waals surface area contributed by atoms with Gasteiger partial charge in [0, 0.05) is 24.3 Å². The number of carbonyl (C=O) groups excluding carboxylic acids is 1. The van der Waals surface area contributed by atoms with Crippen LogP contribution in [0.4, 0.5) is 0 Å². The molecule has 0 amide bonds. The molecule has 3 rings (SSSR count). The molecule has 0 atom stereocenters. The predicted octanol–water partition coefficient (Wildman–Crippen LogP) is 2.36. The van der Waals surface area contributed by atoms with Gasteiger partial charge in [0.05, 0.1) is 23.6 Å². The lowest BCUT2D eigenvalue weighted by Gasteiger charge is -2.12. The molecule has 0 bridgehead atoms. The number of aromatic nitrogens is 2. The number of pyridine rings is 2.